The zero-order chi connectivity index (χ0) is 12.3. The third kappa shape index (κ3) is 2.55. The van der Waals surface area contributed by atoms with Crippen molar-refractivity contribution in [2.45, 2.75) is 5.92 Å². The number of rotatable bonds is 3. The van der Waals surface area contributed by atoms with Crippen molar-refractivity contribution in [2.75, 3.05) is 13.2 Å². The Balaban J connectivity index is 2.12. The Morgan fingerprint density at radius 2 is 2.12 bits per heavy atom. The summed E-state index contributed by atoms with van der Waals surface area (Å²) >= 11 is 0. The minimum Gasteiger partial charge on any atom is -0.465 e. The van der Waals surface area contributed by atoms with Crippen LogP contribution >= 0.6 is 0 Å². The van der Waals surface area contributed by atoms with Crippen LogP contribution in [0.2, 0.25) is 0 Å². The highest BCUT2D eigenvalue weighted by atomic mass is 16.5. The number of ether oxygens (including phenoxy) is 1. The monoisotopic (exact) mass is 235 g/mol. The van der Waals surface area contributed by atoms with Gasteiger partial charge in [-0.3, -0.25) is 4.79 Å². The summed E-state index contributed by atoms with van der Waals surface area (Å²) in [6, 6.07) is 9.27. The van der Waals surface area contributed by atoms with Crippen molar-refractivity contribution in [3.05, 3.63) is 35.9 Å². The van der Waals surface area contributed by atoms with E-state index in [0.29, 0.717) is 0 Å². The molecule has 90 valence electrons. The second-order valence-electron chi connectivity index (χ2n) is 3.96. The summed E-state index contributed by atoms with van der Waals surface area (Å²) in [6.07, 6.45) is -1.09. The van der Waals surface area contributed by atoms with Gasteiger partial charge in [0.05, 0.1) is 12.5 Å². The zero-order valence-corrected chi connectivity index (χ0v) is 9.13. The van der Waals surface area contributed by atoms with Crippen LogP contribution in [0.5, 0.6) is 0 Å². The summed E-state index contributed by atoms with van der Waals surface area (Å²) < 4.78 is 4.99. The lowest BCUT2D eigenvalue weighted by atomic mass is 9.88. The Morgan fingerprint density at radius 3 is 2.76 bits per heavy atom. The van der Waals surface area contributed by atoms with E-state index in [0.717, 1.165) is 5.56 Å². The van der Waals surface area contributed by atoms with E-state index < -0.39 is 6.09 Å². The third-order valence-corrected chi connectivity index (χ3v) is 2.84. The van der Waals surface area contributed by atoms with Crippen LogP contribution in [0.15, 0.2) is 30.3 Å². The molecule has 5 nitrogen and oxygen atoms in total. The van der Waals surface area contributed by atoms with Gasteiger partial charge in [0.25, 0.3) is 0 Å². The van der Waals surface area contributed by atoms with E-state index in [4.69, 9.17) is 9.84 Å². The minimum absolute atomic E-state index is 0.138. The first-order chi connectivity index (χ1) is 8.18. The smallest absolute Gasteiger partial charge is 0.404 e. The van der Waals surface area contributed by atoms with Gasteiger partial charge in [-0.15, -0.1) is 0 Å². The molecule has 5 heteroatoms. The summed E-state index contributed by atoms with van der Waals surface area (Å²) in [5, 5.41) is 10.9. The normalized spacial score (nSPS) is 23.2. The first-order valence-electron chi connectivity index (χ1n) is 5.37. The van der Waals surface area contributed by atoms with Gasteiger partial charge in [0, 0.05) is 12.5 Å². The molecule has 0 aromatic heterocycles. The predicted molar refractivity (Wildman–Crippen MR) is 59.7 cm³/mol. The summed E-state index contributed by atoms with van der Waals surface area (Å²) in [5.74, 6) is -0.794. The van der Waals surface area contributed by atoms with E-state index in [1.165, 1.54) is 0 Å². The standard InChI is InChI=1S/C12H13NO4/c14-11-10(8-4-2-1-3-5-8)9(7-17-11)6-13-12(15)16/h1-5,9-10,13H,6-7H2,(H,15,16). The highest BCUT2D eigenvalue weighted by Gasteiger charge is 2.37. The molecule has 1 heterocycles. The van der Waals surface area contributed by atoms with Crippen molar-refractivity contribution in [3.8, 4) is 0 Å². The first-order valence-corrected chi connectivity index (χ1v) is 5.37. The molecule has 1 aromatic rings. The Kier molecular flexibility index (Phi) is 3.27. The van der Waals surface area contributed by atoms with Gasteiger partial charge in [-0.05, 0) is 5.56 Å². The molecular formula is C12H13NO4. The van der Waals surface area contributed by atoms with Crippen LogP contribution in [-0.4, -0.2) is 30.3 Å². The lowest BCUT2D eigenvalue weighted by Gasteiger charge is -2.14. The molecule has 1 aliphatic heterocycles. The van der Waals surface area contributed by atoms with Crippen molar-refractivity contribution < 1.29 is 19.4 Å². The Labute approximate surface area is 98.4 Å². The van der Waals surface area contributed by atoms with Crippen LogP contribution < -0.4 is 5.32 Å². The third-order valence-electron chi connectivity index (χ3n) is 2.84. The van der Waals surface area contributed by atoms with E-state index in [-0.39, 0.29) is 31.0 Å². The van der Waals surface area contributed by atoms with Gasteiger partial charge in [-0.25, -0.2) is 4.79 Å². The van der Waals surface area contributed by atoms with Crippen LogP contribution in [0.4, 0.5) is 4.79 Å². The molecule has 0 spiro atoms. The van der Waals surface area contributed by atoms with Crippen LogP contribution in [-0.2, 0) is 9.53 Å². The molecule has 2 unspecified atom stereocenters. The van der Waals surface area contributed by atoms with Crippen molar-refractivity contribution in [3.63, 3.8) is 0 Å². The van der Waals surface area contributed by atoms with Crippen LogP contribution in [0.1, 0.15) is 11.5 Å². The predicted octanol–water partition coefficient (Wildman–Crippen LogP) is 1.21. The molecule has 0 aliphatic carbocycles. The maximum atomic E-state index is 11.6. The van der Waals surface area contributed by atoms with Crippen LogP contribution in [0.25, 0.3) is 0 Å². The van der Waals surface area contributed by atoms with Gasteiger partial charge >= 0.3 is 12.1 Å². The van der Waals surface area contributed by atoms with E-state index in [1.54, 1.807) is 0 Å². The lowest BCUT2D eigenvalue weighted by molar-refractivity contribution is -0.139. The van der Waals surface area contributed by atoms with Gasteiger partial charge in [0.2, 0.25) is 0 Å². The summed E-state index contributed by atoms with van der Waals surface area (Å²) in [6.45, 7) is 0.485. The Morgan fingerprint density at radius 1 is 1.41 bits per heavy atom. The number of benzene rings is 1. The Bertz CT molecular complexity index is 418. The molecule has 0 saturated carbocycles. The fourth-order valence-electron chi connectivity index (χ4n) is 2.03. The number of carboxylic acid groups (broad SMARTS) is 1. The van der Waals surface area contributed by atoms with Gasteiger partial charge in [-0.1, -0.05) is 30.3 Å². The number of hydrogen-bond donors (Lipinski definition) is 2. The lowest BCUT2D eigenvalue weighted by Crippen LogP contribution is -2.31. The molecule has 2 atom stereocenters. The quantitative estimate of drug-likeness (QED) is 0.772. The number of cyclic esters (lactones) is 1. The largest absolute Gasteiger partial charge is 0.465 e. The molecule has 1 aromatic carbocycles. The van der Waals surface area contributed by atoms with Crippen molar-refractivity contribution in [2.24, 2.45) is 5.92 Å². The minimum atomic E-state index is -1.09. The van der Waals surface area contributed by atoms with Gasteiger partial charge < -0.3 is 15.2 Å². The van der Waals surface area contributed by atoms with E-state index in [2.05, 4.69) is 5.32 Å². The average molecular weight is 235 g/mol. The van der Waals surface area contributed by atoms with Gasteiger partial charge in [-0.2, -0.15) is 0 Å². The highest BCUT2D eigenvalue weighted by molar-refractivity contribution is 5.80. The number of esters is 1. The molecule has 17 heavy (non-hydrogen) atoms. The molecule has 2 rings (SSSR count). The molecule has 1 amide bonds. The van der Waals surface area contributed by atoms with E-state index in [9.17, 15) is 9.59 Å². The second-order valence-corrected chi connectivity index (χ2v) is 3.96. The molecule has 2 N–H and O–H groups in total. The van der Waals surface area contributed by atoms with Crippen LogP contribution in [0.3, 0.4) is 0 Å². The van der Waals surface area contributed by atoms with E-state index in [1.807, 2.05) is 30.3 Å². The maximum absolute atomic E-state index is 11.6. The molecule has 1 fully saturated rings. The summed E-state index contributed by atoms with van der Waals surface area (Å²) in [7, 11) is 0. The molecule has 1 aliphatic rings. The number of carbonyl (C=O) groups is 2. The van der Waals surface area contributed by atoms with E-state index >= 15 is 0 Å². The molecule has 1 saturated heterocycles. The van der Waals surface area contributed by atoms with Crippen molar-refractivity contribution in [1.29, 1.82) is 0 Å². The van der Waals surface area contributed by atoms with Crippen molar-refractivity contribution in [1.82, 2.24) is 5.32 Å². The zero-order valence-electron chi connectivity index (χ0n) is 9.13. The number of carbonyl (C=O) groups excluding carboxylic acids is 1. The molecule has 0 radical (unpaired) electrons. The fourth-order valence-corrected chi connectivity index (χ4v) is 2.03. The van der Waals surface area contributed by atoms with Crippen molar-refractivity contribution >= 4 is 12.1 Å². The molecular weight excluding hydrogens is 222 g/mol. The SMILES string of the molecule is O=C(O)NCC1COC(=O)C1c1ccccc1. The van der Waals surface area contributed by atoms with Gasteiger partial charge in [0.1, 0.15) is 0 Å². The maximum Gasteiger partial charge on any atom is 0.404 e. The Hall–Kier alpha value is -2.04. The molecule has 0 bridgehead atoms. The fraction of sp³-hybridized carbons (Fsp3) is 0.333. The first kappa shape index (κ1) is 11.4. The summed E-state index contributed by atoms with van der Waals surface area (Å²) in [5.41, 5.74) is 0.868. The topological polar surface area (TPSA) is 75.6 Å². The number of hydrogen-bond acceptors (Lipinski definition) is 3. The van der Waals surface area contributed by atoms with Crippen LogP contribution in [0, 0.1) is 5.92 Å². The highest BCUT2D eigenvalue weighted by Crippen LogP contribution is 2.31. The second kappa shape index (κ2) is 4.86. The van der Waals surface area contributed by atoms with Gasteiger partial charge in [0.15, 0.2) is 0 Å². The summed E-state index contributed by atoms with van der Waals surface area (Å²) in [4.78, 5) is 22.1. The number of nitrogens with one attached hydrogen (secondary N) is 1. The average Bonchev–Trinajstić information content (AvgIpc) is 2.69. The number of amides is 1.